The number of hydrazine groups is 1. The molecule has 0 aliphatic carbocycles. The van der Waals surface area contributed by atoms with Crippen LogP contribution in [-0.4, -0.2) is 50.0 Å². The van der Waals surface area contributed by atoms with Crippen LogP contribution in [0.5, 0.6) is 0 Å². The molecule has 0 saturated carbocycles. The number of nitrogens with two attached hydrogens (primary N) is 1. The van der Waals surface area contributed by atoms with Gasteiger partial charge < -0.3 is 16.1 Å². The number of allylic oxidation sites excluding steroid dienone is 1. The fourth-order valence-electron chi connectivity index (χ4n) is 2.15. The highest BCUT2D eigenvalue weighted by atomic mass is 19.4. The van der Waals surface area contributed by atoms with Crippen LogP contribution >= 0.6 is 0 Å². The number of halogens is 3. The number of nitrogens with one attached hydrogen (secondary N) is 2. The highest BCUT2D eigenvalue weighted by molar-refractivity contribution is 5.63. The quantitative estimate of drug-likeness (QED) is 0.592. The molecular formula is C14H24F3N5. The van der Waals surface area contributed by atoms with E-state index in [-0.39, 0.29) is 12.0 Å². The predicted molar refractivity (Wildman–Crippen MR) is 82.2 cm³/mol. The van der Waals surface area contributed by atoms with E-state index in [2.05, 4.69) is 20.7 Å². The first-order valence-electron chi connectivity index (χ1n) is 7.17. The lowest BCUT2D eigenvalue weighted by Crippen LogP contribution is -2.40. The minimum atomic E-state index is -4.18. The third-order valence-corrected chi connectivity index (χ3v) is 3.25. The molecule has 4 N–H and O–H groups in total. The van der Waals surface area contributed by atoms with E-state index >= 15 is 0 Å². The second-order valence-corrected chi connectivity index (χ2v) is 5.37. The van der Waals surface area contributed by atoms with Crippen molar-refractivity contribution in [3.8, 4) is 0 Å². The van der Waals surface area contributed by atoms with Gasteiger partial charge in [0, 0.05) is 44.2 Å². The van der Waals surface area contributed by atoms with Crippen LogP contribution in [-0.2, 0) is 0 Å². The average molecular weight is 319 g/mol. The van der Waals surface area contributed by atoms with Crippen molar-refractivity contribution in [2.45, 2.75) is 25.6 Å². The zero-order valence-corrected chi connectivity index (χ0v) is 12.9. The van der Waals surface area contributed by atoms with Crippen molar-refractivity contribution >= 4 is 6.21 Å². The second kappa shape index (κ2) is 8.92. The Labute approximate surface area is 129 Å². The lowest BCUT2D eigenvalue weighted by Gasteiger charge is -2.23. The summed E-state index contributed by atoms with van der Waals surface area (Å²) in [5, 5.41) is 0. The van der Waals surface area contributed by atoms with Gasteiger partial charge >= 0.3 is 6.18 Å². The molecule has 0 bridgehead atoms. The number of rotatable bonds is 8. The molecule has 0 aromatic rings. The van der Waals surface area contributed by atoms with E-state index in [4.69, 9.17) is 5.73 Å². The summed E-state index contributed by atoms with van der Waals surface area (Å²) in [4.78, 5) is 6.05. The molecular weight excluding hydrogens is 295 g/mol. The molecule has 22 heavy (non-hydrogen) atoms. The van der Waals surface area contributed by atoms with Gasteiger partial charge in [-0.15, -0.1) is 0 Å². The van der Waals surface area contributed by atoms with Gasteiger partial charge in [0.05, 0.1) is 12.5 Å². The zero-order chi connectivity index (χ0) is 16.6. The monoisotopic (exact) mass is 319 g/mol. The molecule has 0 amide bonds. The largest absolute Gasteiger partial charge is 0.392 e. The molecule has 1 unspecified atom stereocenters. The van der Waals surface area contributed by atoms with Crippen LogP contribution in [0.25, 0.3) is 0 Å². The number of hydrogen-bond acceptors (Lipinski definition) is 5. The van der Waals surface area contributed by atoms with Gasteiger partial charge in [0.2, 0.25) is 0 Å². The fourth-order valence-corrected chi connectivity index (χ4v) is 2.15. The van der Waals surface area contributed by atoms with Gasteiger partial charge in [-0.3, -0.25) is 4.99 Å². The van der Waals surface area contributed by atoms with E-state index in [0.717, 1.165) is 24.7 Å². The van der Waals surface area contributed by atoms with Gasteiger partial charge in [-0.1, -0.05) is 13.0 Å². The maximum absolute atomic E-state index is 12.0. The summed E-state index contributed by atoms with van der Waals surface area (Å²) in [6.07, 6.45) is 0.608. The summed E-state index contributed by atoms with van der Waals surface area (Å²) in [7, 11) is 1.99. The van der Waals surface area contributed by atoms with Crippen molar-refractivity contribution in [3.63, 3.8) is 0 Å². The van der Waals surface area contributed by atoms with Crippen LogP contribution in [0, 0.1) is 5.92 Å². The molecule has 0 fully saturated rings. The lowest BCUT2D eigenvalue weighted by atomic mass is 9.97. The molecule has 1 aliphatic heterocycles. The Bertz CT molecular complexity index is 417. The first kappa shape index (κ1) is 18.7. The van der Waals surface area contributed by atoms with E-state index in [1.54, 1.807) is 6.21 Å². The first-order chi connectivity index (χ1) is 10.3. The Kier molecular flexibility index (Phi) is 7.57. The molecule has 5 nitrogen and oxygen atoms in total. The van der Waals surface area contributed by atoms with E-state index in [1.807, 2.05) is 20.2 Å². The zero-order valence-electron chi connectivity index (χ0n) is 12.9. The van der Waals surface area contributed by atoms with Crippen LogP contribution < -0.4 is 16.6 Å². The van der Waals surface area contributed by atoms with Crippen molar-refractivity contribution in [1.29, 1.82) is 0 Å². The third-order valence-electron chi connectivity index (χ3n) is 3.25. The maximum Gasteiger partial charge on any atom is 0.392 e. The normalized spacial score (nSPS) is 20.9. The van der Waals surface area contributed by atoms with E-state index in [9.17, 15) is 13.2 Å². The second-order valence-electron chi connectivity index (χ2n) is 5.37. The minimum Gasteiger partial charge on any atom is -0.329 e. The van der Waals surface area contributed by atoms with Gasteiger partial charge in [0.25, 0.3) is 0 Å². The Morgan fingerprint density at radius 1 is 1.50 bits per heavy atom. The van der Waals surface area contributed by atoms with E-state index in [0.29, 0.717) is 6.54 Å². The summed E-state index contributed by atoms with van der Waals surface area (Å²) < 4.78 is 35.9. The van der Waals surface area contributed by atoms with Crippen LogP contribution in [0.2, 0.25) is 0 Å². The van der Waals surface area contributed by atoms with Crippen LogP contribution in [0.15, 0.2) is 29.0 Å². The Hall–Kier alpha value is -1.38. The molecule has 0 spiro atoms. The molecule has 1 heterocycles. The SMILES string of the molecule is CC(/C=N\C=C/CC(F)(F)F)[C@@H]1NNC=C1CN(C)CCN. The summed E-state index contributed by atoms with van der Waals surface area (Å²) in [5.74, 6) is 0.0445. The first-order valence-corrected chi connectivity index (χ1v) is 7.17. The molecule has 0 aromatic heterocycles. The topological polar surface area (TPSA) is 65.7 Å². The van der Waals surface area contributed by atoms with E-state index < -0.39 is 12.6 Å². The number of nitrogens with zero attached hydrogens (tertiary/aromatic N) is 2. The molecule has 0 radical (unpaired) electrons. The summed E-state index contributed by atoms with van der Waals surface area (Å²) in [6.45, 7) is 4.12. The number of alkyl halides is 3. The average Bonchev–Trinajstić information content (AvgIpc) is 2.85. The van der Waals surface area contributed by atoms with Crippen molar-refractivity contribution in [1.82, 2.24) is 15.8 Å². The van der Waals surface area contributed by atoms with E-state index in [1.165, 1.54) is 6.20 Å². The van der Waals surface area contributed by atoms with Crippen molar-refractivity contribution < 1.29 is 13.2 Å². The van der Waals surface area contributed by atoms with Crippen molar-refractivity contribution in [3.05, 3.63) is 24.0 Å². The Morgan fingerprint density at radius 2 is 2.23 bits per heavy atom. The highest BCUT2D eigenvalue weighted by Crippen LogP contribution is 2.19. The molecule has 1 aliphatic rings. The highest BCUT2D eigenvalue weighted by Gasteiger charge is 2.25. The molecule has 0 aromatic carbocycles. The maximum atomic E-state index is 12.0. The van der Waals surface area contributed by atoms with Crippen LogP contribution in [0.3, 0.4) is 0 Å². The predicted octanol–water partition coefficient (Wildman–Crippen LogP) is 1.41. The van der Waals surface area contributed by atoms with Gasteiger partial charge in [-0.2, -0.15) is 13.2 Å². The standard InChI is InChI=1S/C14H24F3N5/c1-11(8-19-6-3-4-14(15,16)17)13-12(9-20-21-13)10-22(2)7-5-18/h3,6,8-9,11,13,20-21H,4-5,7,10,18H2,1-2H3/b6-3-,19-8-/t11?,13-/m0/s1. The van der Waals surface area contributed by atoms with Crippen molar-refractivity contribution in [2.24, 2.45) is 16.6 Å². The molecule has 8 heteroatoms. The van der Waals surface area contributed by atoms with Gasteiger partial charge in [0.15, 0.2) is 0 Å². The fraction of sp³-hybridized carbons (Fsp3) is 0.643. The van der Waals surface area contributed by atoms with Gasteiger partial charge in [-0.25, -0.2) is 5.43 Å². The Balaban J connectivity index is 2.47. The minimum absolute atomic E-state index is 0.0445. The Morgan fingerprint density at radius 3 is 2.86 bits per heavy atom. The van der Waals surface area contributed by atoms with Crippen LogP contribution in [0.1, 0.15) is 13.3 Å². The smallest absolute Gasteiger partial charge is 0.329 e. The summed E-state index contributed by atoms with van der Waals surface area (Å²) in [6, 6.07) is 0.0555. The summed E-state index contributed by atoms with van der Waals surface area (Å²) in [5.41, 5.74) is 12.8. The summed E-state index contributed by atoms with van der Waals surface area (Å²) >= 11 is 0. The molecule has 2 atom stereocenters. The number of hydrogen-bond donors (Lipinski definition) is 3. The molecule has 126 valence electrons. The van der Waals surface area contributed by atoms with Crippen molar-refractivity contribution in [2.75, 3.05) is 26.7 Å². The van der Waals surface area contributed by atoms with Gasteiger partial charge in [-0.05, 0) is 12.6 Å². The van der Waals surface area contributed by atoms with Crippen LogP contribution in [0.4, 0.5) is 13.2 Å². The number of aliphatic imine (C=N–C) groups is 1. The lowest BCUT2D eigenvalue weighted by molar-refractivity contribution is -0.125. The molecule has 0 saturated heterocycles. The third kappa shape index (κ3) is 7.06. The number of likely N-dealkylation sites (N-methyl/N-ethyl adjacent to an activating group) is 1. The van der Waals surface area contributed by atoms with Gasteiger partial charge in [0.1, 0.15) is 0 Å². The molecule has 1 rings (SSSR count).